The number of imidazole rings is 1. The van der Waals surface area contributed by atoms with E-state index in [1.165, 1.54) is 4.90 Å². The molecular formula is C22H20N4O4. The SMILES string of the molecule is O=C(O)NCCC[C@@H](c1ncc(-c2ccccc2)[nH]1)N1C(=O)c2ccccc2C1=O. The Morgan fingerprint density at radius 3 is 2.30 bits per heavy atom. The predicted octanol–water partition coefficient (Wildman–Crippen LogP) is 3.46. The summed E-state index contributed by atoms with van der Waals surface area (Å²) in [6, 6.07) is 15.7. The molecule has 152 valence electrons. The quantitative estimate of drug-likeness (QED) is 0.412. The fourth-order valence-corrected chi connectivity index (χ4v) is 3.64. The van der Waals surface area contributed by atoms with E-state index >= 15 is 0 Å². The molecule has 8 nitrogen and oxygen atoms in total. The number of benzene rings is 2. The minimum absolute atomic E-state index is 0.210. The molecule has 1 aliphatic rings. The molecule has 2 aromatic carbocycles. The van der Waals surface area contributed by atoms with Crippen molar-refractivity contribution >= 4 is 17.9 Å². The molecule has 0 radical (unpaired) electrons. The van der Waals surface area contributed by atoms with Gasteiger partial charge in [-0.1, -0.05) is 42.5 Å². The average Bonchev–Trinajstić information content (AvgIpc) is 3.34. The van der Waals surface area contributed by atoms with Gasteiger partial charge in [0.15, 0.2) is 0 Å². The number of imide groups is 1. The molecule has 3 aromatic rings. The third-order valence-electron chi connectivity index (χ3n) is 5.06. The van der Waals surface area contributed by atoms with Crippen molar-refractivity contribution in [3.8, 4) is 11.3 Å². The summed E-state index contributed by atoms with van der Waals surface area (Å²) in [5.41, 5.74) is 2.44. The van der Waals surface area contributed by atoms with Crippen LogP contribution in [0.2, 0.25) is 0 Å². The van der Waals surface area contributed by atoms with Gasteiger partial charge in [0.25, 0.3) is 11.8 Å². The molecule has 3 amide bonds. The van der Waals surface area contributed by atoms with Crippen LogP contribution in [-0.2, 0) is 0 Å². The van der Waals surface area contributed by atoms with Gasteiger partial charge in [-0.25, -0.2) is 9.78 Å². The topological polar surface area (TPSA) is 115 Å². The number of rotatable bonds is 7. The van der Waals surface area contributed by atoms with Gasteiger partial charge in [0.2, 0.25) is 0 Å². The number of aromatic nitrogens is 2. The van der Waals surface area contributed by atoms with Gasteiger partial charge in [0, 0.05) is 6.54 Å². The Balaban J connectivity index is 1.64. The lowest BCUT2D eigenvalue weighted by Crippen LogP contribution is -2.35. The minimum Gasteiger partial charge on any atom is -0.465 e. The molecule has 3 N–H and O–H groups in total. The molecular weight excluding hydrogens is 384 g/mol. The normalized spacial score (nSPS) is 13.9. The molecule has 0 aliphatic carbocycles. The van der Waals surface area contributed by atoms with Crippen molar-refractivity contribution < 1.29 is 19.5 Å². The van der Waals surface area contributed by atoms with Crippen LogP contribution >= 0.6 is 0 Å². The van der Waals surface area contributed by atoms with Gasteiger partial charge >= 0.3 is 6.09 Å². The van der Waals surface area contributed by atoms with E-state index in [1.807, 2.05) is 30.3 Å². The number of nitrogens with zero attached hydrogens (tertiary/aromatic N) is 2. The molecule has 0 saturated heterocycles. The zero-order chi connectivity index (χ0) is 21.1. The van der Waals surface area contributed by atoms with Crippen LogP contribution in [-0.4, -0.2) is 44.4 Å². The largest absolute Gasteiger partial charge is 0.465 e. The summed E-state index contributed by atoms with van der Waals surface area (Å²) in [7, 11) is 0. The summed E-state index contributed by atoms with van der Waals surface area (Å²) in [6.45, 7) is 0.210. The van der Waals surface area contributed by atoms with E-state index < -0.39 is 12.1 Å². The summed E-state index contributed by atoms with van der Waals surface area (Å²) in [4.78, 5) is 45.6. The van der Waals surface area contributed by atoms with Gasteiger partial charge in [-0.2, -0.15) is 0 Å². The van der Waals surface area contributed by atoms with Crippen LogP contribution < -0.4 is 5.32 Å². The second-order valence-electron chi connectivity index (χ2n) is 6.96. The fourth-order valence-electron chi connectivity index (χ4n) is 3.64. The standard InChI is InChI=1S/C22H20N4O4/c27-20-15-9-4-5-10-16(15)21(28)26(20)18(11-6-12-23-22(29)30)19-24-13-17(25-19)14-7-2-1-3-8-14/h1-5,7-10,13,18,23H,6,11-12H2,(H,24,25)(H,29,30)/t18-/m0/s1. The summed E-state index contributed by atoms with van der Waals surface area (Å²) in [5, 5.41) is 11.1. The van der Waals surface area contributed by atoms with Crippen LogP contribution in [0.15, 0.2) is 60.8 Å². The lowest BCUT2D eigenvalue weighted by Gasteiger charge is -2.24. The number of nitrogens with one attached hydrogen (secondary N) is 2. The highest BCUT2D eigenvalue weighted by molar-refractivity contribution is 6.21. The van der Waals surface area contributed by atoms with E-state index in [-0.39, 0.29) is 18.4 Å². The third kappa shape index (κ3) is 3.67. The number of carbonyl (C=O) groups excluding carboxylic acids is 2. The first-order valence-electron chi connectivity index (χ1n) is 9.60. The number of H-pyrrole nitrogens is 1. The van der Waals surface area contributed by atoms with Crippen LogP contribution in [0, 0.1) is 0 Å². The van der Waals surface area contributed by atoms with Gasteiger partial charge in [0.1, 0.15) is 5.82 Å². The first-order chi connectivity index (χ1) is 14.6. The van der Waals surface area contributed by atoms with E-state index in [0.29, 0.717) is 29.8 Å². The molecule has 0 bridgehead atoms. The average molecular weight is 404 g/mol. The molecule has 0 spiro atoms. The highest BCUT2D eigenvalue weighted by Crippen LogP contribution is 2.33. The Labute approximate surface area is 172 Å². The van der Waals surface area contributed by atoms with Crippen molar-refractivity contribution in [1.29, 1.82) is 0 Å². The first kappa shape index (κ1) is 19.4. The van der Waals surface area contributed by atoms with Crippen LogP contribution in [0.4, 0.5) is 4.79 Å². The lowest BCUT2D eigenvalue weighted by molar-refractivity contribution is 0.0564. The van der Waals surface area contributed by atoms with Crippen LogP contribution in [0.25, 0.3) is 11.3 Å². The van der Waals surface area contributed by atoms with Crippen molar-refractivity contribution in [3.63, 3.8) is 0 Å². The van der Waals surface area contributed by atoms with Crippen molar-refractivity contribution in [2.24, 2.45) is 0 Å². The second kappa shape index (κ2) is 8.20. The lowest BCUT2D eigenvalue weighted by atomic mass is 10.1. The number of fused-ring (bicyclic) bond motifs is 1. The van der Waals surface area contributed by atoms with Crippen molar-refractivity contribution in [1.82, 2.24) is 20.2 Å². The van der Waals surface area contributed by atoms with Gasteiger partial charge < -0.3 is 15.4 Å². The van der Waals surface area contributed by atoms with Crippen molar-refractivity contribution in [2.45, 2.75) is 18.9 Å². The van der Waals surface area contributed by atoms with E-state index in [9.17, 15) is 14.4 Å². The molecule has 0 saturated carbocycles. The fraction of sp³-hybridized carbons (Fsp3) is 0.182. The van der Waals surface area contributed by atoms with Crippen LogP contribution in [0.1, 0.15) is 45.4 Å². The van der Waals surface area contributed by atoms with E-state index in [0.717, 1.165) is 11.3 Å². The van der Waals surface area contributed by atoms with Crippen LogP contribution in [0.3, 0.4) is 0 Å². The maximum Gasteiger partial charge on any atom is 0.404 e. The van der Waals surface area contributed by atoms with E-state index in [2.05, 4.69) is 15.3 Å². The summed E-state index contributed by atoms with van der Waals surface area (Å²) in [6.07, 6.45) is 1.36. The van der Waals surface area contributed by atoms with E-state index in [4.69, 9.17) is 5.11 Å². The molecule has 30 heavy (non-hydrogen) atoms. The summed E-state index contributed by atoms with van der Waals surface area (Å²) < 4.78 is 0. The molecule has 0 fully saturated rings. The van der Waals surface area contributed by atoms with Crippen LogP contribution in [0.5, 0.6) is 0 Å². The highest BCUT2D eigenvalue weighted by atomic mass is 16.4. The van der Waals surface area contributed by atoms with E-state index in [1.54, 1.807) is 30.5 Å². The van der Waals surface area contributed by atoms with Gasteiger partial charge in [-0.15, -0.1) is 0 Å². The smallest absolute Gasteiger partial charge is 0.404 e. The monoisotopic (exact) mass is 404 g/mol. The Bertz CT molecular complexity index is 1060. The van der Waals surface area contributed by atoms with Gasteiger partial charge in [-0.3, -0.25) is 14.5 Å². The summed E-state index contributed by atoms with van der Waals surface area (Å²) >= 11 is 0. The number of hydrogen-bond donors (Lipinski definition) is 3. The number of carbonyl (C=O) groups is 3. The molecule has 1 aliphatic heterocycles. The maximum absolute atomic E-state index is 13.0. The third-order valence-corrected chi connectivity index (χ3v) is 5.06. The number of hydrogen-bond acceptors (Lipinski definition) is 4. The Morgan fingerprint density at radius 1 is 1.03 bits per heavy atom. The van der Waals surface area contributed by atoms with Crippen molar-refractivity contribution in [2.75, 3.05) is 6.54 Å². The molecule has 4 rings (SSSR count). The zero-order valence-electron chi connectivity index (χ0n) is 16.0. The summed E-state index contributed by atoms with van der Waals surface area (Å²) in [5.74, 6) is -0.257. The zero-order valence-corrected chi connectivity index (χ0v) is 16.0. The molecule has 1 atom stereocenters. The Kier molecular flexibility index (Phi) is 5.30. The molecule has 8 heteroatoms. The second-order valence-corrected chi connectivity index (χ2v) is 6.96. The molecule has 0 unspecified atom stereocenters. The number of aromatic amines is 1. The maximum atomic E-state index is 13.0. The molecule has 1 aromatic heterocycles. The Hall–Kier alpha value is -3.94. The van der Waals surface area contributed by atoms with Gasteiger partial charge in [0.05, 0.1) is 29.1 Å². The number of amides is 3. The van der Waals surface area contributed by atoms with Crippen molar-refractivity contribution in [3.05, 3.63) is 77.7 Å². The number of carboxylic acid groups (broad SMARTS) is 1. The Morgan fingerprint density at radius 2 is 1.67 bits per heavy atom. The molecule has 2 heterocycles. The van der Waals surface area contributed by atoms with Gasteiger partial charge in [-0.05, 0) is 30.5 Å². The minimum atomic E-state index is -1.11. The highest BCUT2D eigenvalue weighted by Gasteiger charge is 2.41. The predicted molar refractivity (Wildman–Crippen MR) is 109 cm³/mol. The first-order valence-corrected chi connectivity index (χ1v) is 9.60.